The summed E-state index contributed by atoms with van der Waals surface area (Å²) in [6.07, 6.45) is 3.74. The van der Waals surface area contributed by atoms with Crippen LogP contribution in [0.2, 0.25) is 0 Å². The molecule has 1 aliphatic rings. The summed E-state index contributed by atoms with van der Waals surface area (Å²) in [5.74, 6) is 0.967. The fourth-order valence-electron chi connectivity index (χ4n) is 2.62. The number of rotatable bonds is 1. The van der Waals surface area contributed by atoms with Crippen molar-refractivity contribution in [3.63, 3.8) is 0 Å². The Morgan fingerprint density at radius 3 is 2.62 bits per heavy atom. The summed E-state index contributed by atoms with van der Waals surface area (Å²) in [5.41, 5.74) is 2.52. The molecule has 1 saturated heterocycles. The molecule has 1 N–H and O–H groups in total. The van der Waals surface area contributed by atoms with Crippen molar-refractivity contribution in [2.45, 2.75) is 58.4 Å². The van der Waals surface area contributed by atoms with Crippen LogP contribution in [0.15, 0.2) is 4.52 Å². The van der Waals surface area contributed by atoms with Gasteiger partial charge in [0.05, 0.1) is 6.04 Å². The standard InChI is InChI=1S/C13H22N2O/c1-9-11(13(2,3)4)12(15-16-9)10-7-5-6-8-14-10/h10,14H,5-8H2,1-4H3. The summed E-state index contributed by atoms with van der Waals surface area (Å²) in [5, 5.41) is 7.81. The molecule has 0 saturated carbocycles. The van der Waals surface area contributed by atoms with Gasteiger partial charge in [0.15, 0.2) is 0 Å². The minimum Gasteiger partial charge on any atom is -0.361 e. The monoisotopic (exact) mass is 222 g/mol. The average Bonchev–Trinajstić information content (AvgIpc) is 2.61. The van der Waals surface area contributed by atoms with Crippen molar-refractivity contribution in [1.82, 2.24) is 10.5 Å². The highest BCUT2D eigenvalue weighted by atomic mass is 16.5. The molecule has 3 nitrogen and oxygen atoms in total. The zero-order valence-corrected chi connectivity index (χ0v) is 10.8. The summed E-state index contributed by atoms with van der Waals surface area (Å²) in [4.78, 5) is 0. The van der Waals surface area contributed by atoms with Crippen LogP contribution in [-0.2, 0) is 5.41 Å². The van der Waals surface area contributed by atoms with Crippen LogP contribution < -0.4 is 5.32 Å². The van der Waals surface area contributed by atoms with Crippen LogP contribution in [0.5, 0.6) is 0 Å². The van der Waals surface area contributed by atoms with Gasteiger partial charge in [-0.05, 0) is 31.7 Å². The Hall–Kier alpha value is -0.830. The van der Waals surface area contributed by atoms with E-state index in [-0.39, 0.29) is 5.41 Å². The zero-order chi connectivity index (χ0) is 11.8. The lowest BCUT2D eigenvalue weighted by atomic mass is 9.83. The van der Waals surface area contributed by atoms with Gasteiger partial charge in [-0.3, -0.25) is 0 Å². The lowest BCUT2D eigenvalue weighted by molar-refractivity contribution is 0.355. The van der Waals surface area contributed by atoms with E-state index < -0.39 is 0 Å². The first-order valence-corrected chi connectivity index (χ1v) is 6.20. The highest BCUT2D eigenvalue weighted by molar-refractivity contribution is 5.32. The summed E-state index contributed by atoms with van der Waals surface area (Å²) >= 11 is 0. The van der Waals surface area contributed by atoms with Crippen LogP contribution in [-0.4, -0.2) is 11.7 Å². The maximum Gasteiger partial charge on any atom is 0.137 e. The smallest absolute Gasteiger partial charge is 0.137 e. The number of piperidine rings is 1. The van der Waals surface area contributed by atoms with E-state index in [0.29, 0.717) is 6.04 Å². The highest BCUT2D eigenvalue weighted by Crippen LogP contribution is 2.34. The van der Waals surface area contributed by atoms with Crippen LogP contribution >= 0.6 is 0 Å². The summed E-state index contributed by atoms with van der Waals surface area (Å²) in [6, 6.07) is 0.389. The molecule has 1 unspecified atom stereocenters. The number of hydrogen-bond donors (Lipinski definition) is 1. The molecule has 0 amide bonds. The van der Waals surface area contributed by atoms with Gasteiger partial charge in [0.1, 0.15) is 11.5 Å². The van der Waals surface area contributed by atoms with Crippen LogP contribution in [0.25, 0.3) is 0 Å². The number of nitrogens with zero attached hydrogens (tertiary/aromatic N) is 1. The lowest BCUT2D eigenvalue weighted by Crippen LogP contribution is -2.29. The van der Waals surface area contributed by atoms with Crippen molar-refractivity contribution in [1.29, 1.82) is 0 Å². The van der Waals surface area contributed by atoms with E-state index in [1.165, 1.54) is 24.8 Å². The molecule has 0 radical (unpaired) electrons. The first kappa shape index (κ1) is 11.6. The van der Waals surface area contributed by atoms with E-state index >= 15 is 0 Å². The quantitative estimate of drug-likeness (QED) is 0.793. The van der Waals surface area contributed by atoms with Gasteiger partial charge < -0.3 is 9.84 Å². The zero-order valence-electron chi connectivity index (χ0n) is 10.8. The number of aromatic nitrogens is 1. The molecule has 1 aromatic rings. The molecule has 0 bridgehead atoms. The predicted octanol–water partition coefficient (Wildman–Crippen LogP) is 3.10. The molecule has 3 heteroatoms. The molecule has 90 valence electrons. The van der Waals surface area contributed by atoms with Gasteiger partial charge in [0.25, 0.3) is 0 Å². The second-order valence-corrected chi connectivity index (χ2v) is 5.75. The molecule has 0 aliphatic carbocycles. The van der Waals surface area contributed by atoms with Gasteiger partial charge in [-0.1, -0.05) is 32.3 Å². The second kappa shape index (κ2) is 4.21. The molecular weight excluding hydrogens is 200 g/mol. The molecule has 0 aromatic carbocycles. The van der Waals surface area contributed by atoms with Crippen molar-refractivity contribution in [2.75, 3.05) is 6.54 Å². The minimum atomic E-state index is 0.110. The van der Waals surface area contributed by atoms with E-state index in [1.807, 2.05) is 6.92 Å². The van der Waals surface area contributed by atoms with E-state index in [0.717, 1.165) is 18.0 Å². The predicted molar refractivity (Wildman–Crippen MR) is 64.5 cm³/mol. The van der Waals surface area contributed by atoms with Gasteiger partial charge in [-0.25, -0.2) is 0 Å². The fraction of sp³-hybridized carbons (Fsp3) is 0.769. The van der Waals surface area contributed by atoms with E-state index in [2.05, 4.69) is 31.2 Å². The Kier molecular flexibility index (Phi) is 3.06. The SMILES string of the molecule is Cc1onc(C2CCCCN2)c1C(C)(C)C. The van der Waals surface area contributed by atoms with E-state index in [9.17, 15) is 0 Å². The molecule has 1 aromatic heterocycles. The lowest BCUT2D eigenvalue weighted by Gasteiger charge is -2.26. The van der Waals surface area contributed by atoms with Crippen LogP contribution in [0.1, 0.15) is 63.1 Å². The maximum atomic E-state index is 5.39. The third kappa shape index (κ3) is 2.14. The molecule has 0 spiro atoms. The molecule has 2 rings (SSSR count). The molecule has 1 atom stereocenters. The van der Waals surface area contributed by atoms with Crippen LogP contribution in [0.3, 0.4) is 0 Å². The van der Waals surface area contributed by atoms with Gasteiger partial charge in [0.2, 0.25) is 0 Å². The third-order valence-electron chi connectivity index (χ3n) is 3.28. The fourth-order valence-corrected chi connectivity index (χ4v) is 2.62. The van der Waals surface area contributed by atoms with Crippen molar-refractivity contribution < 1.29 is 4.52 Å². The molecule has 2 heterocycles. The Bertz CT molecular complexity index is 356. The van der Waals surface area contributed by atoms with Crippen LogP contribution in [0, 0.1) is 6.92 Å². The Morgan fingerprint density at radius 1 is 1.31 bits per heavy atom. The number of nitrogens with one attached hydrogen (secondary N) is 1. The highest BCUT2D eigenvalue weighted by Gasteiger charge is 2.29. The first-order valence-electron chi connectivity index (χ1n) is 6.20. The summed E-state index contributed by atoms with van der Waals surface area (Å²) in [7, 11) is 0. The Balaban J connectivity index is 2.33. The Morgan fingerprint density at radius 2 is 2.06 bits per heavy atom. The normalized spacial score (nSPS) is 22.4. The Labute approximate surface area is 97.6 Å². The third-order valence-corrected chi connectivity index (χ3v) is 3.28. The average molecular weight is 222 g/mol. The van der Waals surface area contributed by atoms with Gasteiger partial charge >= 0.3 is 0 Å². The minimum absolute atomic E-state index is 0.110. The van der Waals surface area contributed by atoms with E-state index in [4.69, 9.17) is 4.52 Å². The summed E-state index contributed by atoms with van der Waals surface area (Å²) in [6.45, 7) is 9.77. The second-order valence-electron chi connectivity index (χ2n) is 5.75. The molecular formula is C13H22N2O. The topological polar surface area (TPSA) is 38.1 Å². The molecule has 16 heavy (non-hydrogen) atoms. The van der Waals surface area contributed by atoms with Crippen molar-refractivity contribution in [2.24, 2.45) is 0 Å². The summed E-state index contributed by atoms with van der Waals surface area (Å²) < 4.78 is 5.39. The molecule has 1 aliphatic heterocycles. The van der Waals surface area contributed by atoms with E-state index in [1.54, 1.807) is 0 Å². The largest absolute Gasteiger partial charge is 0.361 e. The molecule has 1 fully saturated rings. The van der Waals surface area contributed by atoms with Crippen molar-refractivity contribution in [3.05, 3.63) is 17.0 Å². The van der Waals surface area contributed by atoms with Gasteiger partial charge in [0, 0.05) is 5.56 Å². The van der Waals surface area contributed by atoms with Crippen molar-refractivity contribution >= 4 is 0 Å². The van der Waals surface area contributed by atoms with Crippen LogP contribution in [0.4, 0.5) is 0 Å². The van der Waals surface area contributed by atoms with Crippen molar-refractivity contribution in [3.8, 4) is 0 Å². The number of aryl methyl sites for hydroxylation is 1. The van der Waals surface area contributed by atoms with Gasteiger partial charge in [-0.2, -0.15) is 0 Å². The maximum absolute atomic E-state index is 5.39. The number of hydrogen-bond acceptors (Lipinski definition) is 3. The van der Waals surface area contributed by atoms with Gasteiger partial charge in [-0.15, -0.1) is 0 Å². The first-order chi connectivity index (χ1) is 7.50.